The van der Waals surface area contributed by atoms with Crippen LogP contribution >= 0.6 is 0 Å². The number of fused-ring (bicyclic) bond motifs is 3. The van der Waals surface area contributed by atoms with Gasteiger partial charge in [0.1, 0.15) is 17.1 Å². The van der Waals surface area contributed by atoms with E-state index in [0.717, 1.165) is 54.3 Å². The second-order valence-corrected chi connectivity index (χ2v) is 18.6. The smallest absolute Gasteiger partial charge is 0.376 e. The van der Waals surface area contributed by atoms with Crippen molar-refractivity contribution in [3.8, 4) is 11.5 Å². The van der Waals surface area contributed by atoms with Crippen molar-refractivity contribution in [3.05, 3.63) is 110 Å². The number of H-pyrrole nitrogens is 1. The molecule has 4 saturated carbocycles. The molecular formula is C44H45FN10O5. The van der Waals surface area contributed by atoms with Crippen molar-refractivity contribution in [2.75, 3.05) is 13.2 Å². The molecule has 308 valence electrons. The van der Waals surface area contributed by atoms with Crippen molar-refractivity contribution in [1.82, 2.24) is 48.3 Å². The lowest BCUT2D eigenvalue weighted by molar-refractivity contribution is -0.0979. The number of carbonyl (C=O) groups excluding carboxylic acids is 1. The molecule has 16 heteroatoms. The number of nitrogens with zero attached hydrogens (tertiary/aromatic N) is 9. The molecule has 4 aliphatic carbocycles. The minimum absolute atomic E-state index is 0.133. The number of hydrogen-bond acceptors (Lipinski definition) is 8. The van der Waals surface area contributed by atoms with Gasteiger partial charge >= 0.3 is 11.4 Å². The predicted octanol–water partition coefficient (Wildman–Crippen LogP) is 5.96. The highest BCUT2D eigenvalue weighted by Crippen LogP contribution is 2.63. The molecule has 7 aromatic rings. The Morgan fingerprint density at radius 3 is 2.50 bits per heavy atom. The number of amides is 1. The maximum Gasteiger partial charge on any atom is 0.438 e. The molecular weight excluding hydrogens is 768 g/mol. The van der Waals surface area contributed by atoms with Gasteiger partial charge in [0, 0.05) is 55.5 Å². The van der Waals surface area contributed by atoms with E-state index in [2.05, 4.69) is 51.9 Å². The number of hydrogen-bond donors (Lipinski definition) is 1. The second-order valence-electron chi connectivity index (χ2n) is 18.6. The number of ether oxygens (including phenoxy) is 1. The Bertz CT molecular complexity index is 3060. The zero-order valence-electron chi connectivity index (χ0n) is 33.9. The Balaban J connectivity index is 0.970. The normalized spacial score (nSPS) is 25.0. The summed E-state index contributed by atoms with van der Waals surface area (Å²) in [5.41, 5.74) is 3.41. The molecule has 0 spiro atoms. The van der Waals surface area contributed by atoms with Crippen molar-refractivity contribution >= 4 is 27.7 Å². The molecule has 2 aliphatic heterocycles. The molecule has 5 fully saturated rings. The Hall–Kier alpha value is -6.03. The van der Waals surface area contributed by atoms with E-state index in [9.17, 15) is 9.59 Å². The van der Waals surface area contributed by atoms with E-state index in [4.69, 9.17) is 14.4 Å². The van der Waals surface area contributed by atoms with Gasteiger partial charge in [0.05, 0.1) is 45.7 Å². The Labute approximate surface area is 342 Å². The molecule has 1 N–H and O–H groups in total. The molecule has 0 unspecified atom stereocenters. The number of carbonyl (C=O) groups is 1. The van der Waals surface area contributed by atoms with Gasteiger partial charge in [-0.15, -0.1) is 0 Å². The van der Waals surface area contributed by atoms with Crippen LogP contribution in [0.2, 0.25) is 0 Å². The zero-order valence-corrected chi connectivity index (χ0v) is 33.9. The van der Waals surface area contributed by atoms with Crippen molar-refractivity contribution in [2.24, 2.45) is 13.0 Å². The van der Waals surface area contributed by atoms with Crippen LogP contribution in [-0.2, 0) is 29.3 Å². The lowest BCUT2D eigenvalue weighted by Crippen LogP contribution is -2.60. The lowest BCUT2D eigenvalue weighted by Gasteiger charge is -2.61. The number of rotatable bonds is 7. The van der Waals surface area contributed by atoms with Crippen LogP contribution in [0.4, 0.5) is 4.39 Å². The van der Waals surface area contributed by atoms with Gasteiger partial charge in [-0.25, -0.2) is 18.7 Å². The quantitative estimate of drug-likeness (QED) is 0.207. The molecule has 2 bridgehead atoms. The van der Waals surface area contributed by atoms with Gasteiger partial charge in [0.25, 0.3) is 5.91 Å². The summed E-state index contributed by atoms with van der Waals surface area (Å²) >= 11 is 0. The van der Waals surface area contributed by atoms with Gasteiger partial charge in [-0.3, -0.25) is 28.1 Å². The minimum atomic E-state index is -0.754. The van der Waals surface area contributed by atoms with Crippen LogP contribution in [0.5, 0.6) is 0 Å². The summed E-state index contributed by atoms with van der Waals surface area (Å²) in [7, 11) is 1.75. The van der Waals surface area contributed by atoms with E-state index in [-0.39, 0.29) is 22.7 Å². The third kappa shape index (κ3) is 4.90. The SMILES string of the molecule is C[C@H]1c2c(nn(C34CC(C3)C4)c2-n2ccn(-c3ccc4c(cnn4C)c3F)c2=O)CCN1C(=O)c1cc2cc([C@H]3CCOC(C)(C)C3)ccc2n1C1(c2noc(=O)[nH]2)CC1. The molecule has 1 saturated heterocycles. The van der Waals surface area contributed by atoms with Crippen LogP contribution in [0.1, 0.15) is 111 Å². The van der Waals surface area contributed by atoms with Crippen molar-refractivity contribution < 1.29 is 18.4 Å². The van der Waals surface area contributed by atoms with Gasteiger partial charge in [-0.1, -0.05) is 11.2 Å². The van der Waals surface area contributed by atoms with Gasteiger partial charge < -0.3 is 14.2 Å². The number of imidazole rings is 1. The molecule has 2 aromatic carbocycles. The maximum atomic E-state index is 16.0. The van der Waals surface area contributed by atoms with Gasteiger partial charge in [0.15, 0.2) is 11.6 Å². The standard InChI is InChI=1S/C44H45FN10O5/c1-24-35-30(48-55(43-19-25(20-43)21-43)37(35)53-15-14-52(41(53)58)33-8-7-32-29(36(33)45)23-46-50(32)4)9-13-51(24)38(56)34-18-28-17-26(27-10-16-59-42(2,3)22-27)5-6-31(28)54(34)44(11-12-44)39-47-40(57)60-49-39/h5-8,14-15,17-18,23-25,27H,9-13,16,19-22H2,1-4H3,(H,47,49,57)/t24-,25?,27-,43?/m0/s1. The number of aromatic amines is 1. The highest BCUT2D eigenvalue weighted by molar-refractivity contribution is 6.00. The third-order valence-electron chi connectivity index (χ3n) is 14.5. The fourth-order valence-corrected chi connectivity index (χ4v) is 11.2. The molecule has 7 heterocycles. The molecule has 5 aromatic heterocycles. The van der Waals surface area contributed by atoms with Crippen molar-refractivity contribution in [2.45, 2.75) is 101 Å². The monoisotopic (exact) mass is 812 g/mol. The van der Waals surface area contributed by atoms with Crippen LogP contribution in [0.25, 0.3) is 33.3 Å². The number of aryl methyl sites for hydroxylation is 1. The van der Waals surface area contributed by atoms with Crippen molar-refractivity contribution in [1.29, 1.82) is 0 Å². The molecule has 2 atom stereocenters. The summed E-state index contributed by atoms with van der Waals surface area (Å²) in [5, 5.41) is 14.8. The largest absolute Gasteiger partial charge is 0.438 e. The summed E-state index contributed by atoms with van der Waals surface area (Å²) in [6.07, 6.45) is 11.4. The van der Waals surface area contributed by atoms with Crippen LogP contribution in [0.15, 0.2) is 69.1 Å². The lowest BCUT2D eigenvalue weighted by atomic mass is 9.50. The van der Waals surface area contributed by atoms with Crippen LogP contribution in [0.3, 0.4) is 0 Å². The summed E-state index contributed by atoms with van der Waals surface area (Å²) in [5.74, 6) is 0.647. The van der Waals surface area contributed by atoms with Gasteiger partial charge in [-0.2, -0.15) is 10.2 Å². The Morgan fingerprint density at radius 2 is 1.78 bits per heavy atom. The zero-order chi connectivity index (χ0) is 41.0. The summed E-state index contributed by atoms with van der Waals surface area (Å²) in [6, 6.07) is 11.3. The molecule has 1 amide bonds. The van der Waals surface area contributed by atoms with Crippen LogP contribution in [-0.4, -0.2) is 73.0 Å². The highest BCUT2D eigenvalue weighted by Gasteiger charge is 2.60. The topological polar surface area (TPSA) is 156 Å². The summed E-state index contributed by atoms with van der Waals surface area (Å²) in [6.45, 7) is 7.37. The first-order chi connectivity index (χ1) is 28.8. The molecule has 13 rings (SSSR count). The van der Waals surface area contributed by atoms with E-state index >= 15 is 9.18 Å². The fourth-order valence-electron chi connectivity index (χ4n) is 11.2. The Morgan fingerprint density at radius 1 is 1.00 bits per heavy atom. The summed E-state index contributed by atoms with van der Waals surface area (Å²) in [4.78, 5) is 46.8. The molecule has 15 nitrogen and oxygen atoms in total. The van der Waals surface area contributed by atoms with E-state index < -0.39 is 28.8 Å². The maximum absolute atomic E-state index is 16.0. The summed E-state index contributed by atoms with van der Waals surface area (Å²) < 4.78 is 35.7. The van der Waals surface area contributed by atoms with E-state index in [1.165, 1.54) is 16.3 Å². The average molecular weight is 813 g/mol. The Kier molecular flexibility index (Phi) is 7.20. The van der Waals surface area contributed by atoms with E-state index in [0.29, 0.717) is 72.5 Å². The first-order valence-corrected chi connectivity index (χ1v) is 21.1. The minimum Gasteiger partial charge on any atom is -0.376 e. The molecule has 0 radical (unpaired) electrons. The molecule has 60 heavy (non-hydrogen) atoms. The number of halogens is 1. The number of aromatic nitrogens is 9. The number of nitrogens with one attached hydrogen (secondary N) is 1. The van der Waals surface area contributed by atoms with Crippen molar-refractivity contribution in [3.63, 3.8) is 0 Å². The van der Waals surface area contributed by atoms with Crippen LogP contribution < -0.4 is 11.4 Å². The first-order valence-electron chi connectivity index (χ1n) is 21.1. The second kappa shape index (κ2) is 12.0. The first kappa shape index (κ1) is 35.9. The van der Waals surface area contributed by atoms with Gasteiger partial charge in [0.2, 0.25) is 0 Å². The number of benzene rings is 2. The van der Waals surface area contributed by atoms with Crippen LogP contribution in [0, 0.1) is 11.7 Å². The molecule has 6 aliphatic rings. The van der Waals surface area contributed by atoms with E-state index in [1.54, 1.807) is 40.8 Å². The predicted molar refractivity (Wildman–Crippen MR) is 217 cm³/mol. The highest BCUT2D eigenvalue weighted by atomic mass is 19.1. The van der Waals surface area contributed by atoms with E-state index in [1.807, 2.05) is 22.6 Å². The fraction of sp³-hybridized carbons (Fsp3) is 0.455. The average Bonchev–Trinajstić information content (AvgIpc) is 3.63. The van der Waals surface area contributed by atoms with Gasteiger partial charge in [-0.05, 0) is 113 Å². The third-order valence-corrected chi connectivity index (χ3v) is 14.5.